The number of furan rings is 1. The molecule has 1 aliphatic carbocycles. The molecule has 1 aromatic heterocycles. The molecule has 0 bridgehead atoms. The van der Waals surface area contributed by atoms with E-state index < -0.39 is 5.41 Å². The molecule has 4 nitrogen and oxygen atoms in total. The highest BCUT2D eigenvalue weighted by molar-refractivity contribution is 5.92. The number of amides is 1. The van der Waals surface area contributed by atoms with Gasteiger partial charge in [0.05, 0.1) is 12.5 Å². The average Bonchev–Trinajstić information content (AvgIpc) is 3.36. The van der Waals surface area contributed by atoms with Crippen molar-refractivity contribution in [3.8, 4) is 5.75 Å². The summed E-state index contributed by atoms with van der Waals surface area (Å²) in [5, 5.41) is 4.26. The molecule has 0 unspecified atom stereocenters. The van der Waals surface area contributed by atoms with Gasteiger partial charge in [-0.1, -0.05) is 36.4 Å². The second-order valence-electron chi connectivity index (χ2n) is 7.11. The van der Waals surface area contributed by atoms with Gasteiger partial charge in [0.25, 0.3) is 0 Å². The smallest absolute Gasteiger partial charge is 0.231 e. The van der Waals surface area contributed by atoms with Crippen molar-refractivity contribution >= 4 is 16.9 Å². The second-order valence-corrected chi connectivity index (χ2v) is 7.11. The number of hydrogen-bond acceptors (Lipinski definition) is 3. The fraction of sp³-hybridized carbons (Fsp3) is 0.318. The first-order valence-corrected chi connectivity index (χ1v) is 9.04. The normalized spacial score (nSPS) is 16.2. The van der Waals surface area contributed by atoms with E-state index in [9.17, 15) is 4.79 Å². The van der Waals surface area contributed by atoms with Crippen LogP contribution in [0.5, 0.6) is 5.75 Å². The van der Waals surface area contributed by atoms with Crippen LogP contribution in [0.4, 0.5) is 0 Å². The van der Waals surface area contributed by atoms with Crippen LogP contribution in [0.1, 0.15) is 31.1 Å². The summed E-state index contributed by atoms with van der Waals surface area (Å²) in [5.41, 5.74) is 1.42. The highest BCUT2D eigenvalue weighted by Gasteiger charge is 2.52. The van der Waals surface area contributed by atoms with Crippen molar-refractivity contribution in [2.45, 2.75) is 37.6 Å². The predicted molar refractivity (Wildman–Crippen MR) is 101 cm³/mol. The van der Waals surface area contributed by atoms with Crippen molar-refractivity contribution in [1.29, 1.82) is 0 Å². The number of carbonyl (C=O) groups is 1. The number of benzene rings is 2. The number of para-hydroxylation sites is 2. The lowest BCUT2D eigenvalue weighted by atomic mass is 9.93. The Hall–Kier alpha value is -2.75. The molecule has 1 fully saturated rings. The molecule has 1 heterocycles. The molecule has 1 saturated carbocycles. The van der Waals surface area contributed by atoms with Crippen LogP contribution in [-0.2, 0) is 16.6 Å². The summed E-state index contributed by atoms with van der Waals surface area (Å²) in [7, 11) is 1.65. The van der Waals surface area contributed by atoms with E-state index in [0.717, 1.165) is 40.9 Å². The van der Waals surface area contributed by atoms with Crippen molar-refractivity contribution in [3.05, 3.63) is 65.9 Å². The van der Waals surface area contributed by atoms with Gasteiger partial charge in [-0.2, -0.15) is 0 Å². The summed E-state index contributed by atoms with van der Waals surface area (Å²) in [6.45, 7) is 2.02. The van der Waals surface area contributed by atoms with Gasteiger partial charge < -0.3 is 14.5 Å². The van der Waals surface area contributed by atoms with Gasteiger partial charge in [-0.05, 0) is 38.0 Å². The molecule has 2 aromatic carbocycles. The molecule has 26 heavy (non-hydrogen) atoms. The number of methoxy groups -OCH3 is 1. The minimum atomic E-state index is -0.450. The van der Waals surface area contributed by atoms with Crippen LogP contribution in [0.2, 0.25) is 0 Å². The fourth-order valence-electron chi connectivity index (χ4n) is 3.64. The summed E-state index contributed by atoms with van der Waals surface area (Å²) in [5.74, 6) is 1.75. The van der Waals surface area contributed by atoms with Crippen LogP contribution < -0.4 is 10.1 Å². The first-order chi connectivity index (χ1) is 12.6. The molecule has 4 heteroatoms. The highest BCUT2D eigenvalue weighted by Crippen LogP contribution is 2.51. The number of ether oxygens (including phenoxy) is 1. The van der Waals surface area contributed by atoms with E-state index in [1.54, 1.807) is 7.11 Å². The van der Waals surface area contributed by atoms with Gasteiger partial charge in [0, 0.05) is 23.4 Å². The first-order valence-electron chi connectivity index (χ1n) is 9.04. The molecule has 1 atom stereocenters. The Bertz CT molecular complexity index is 906. The van der Waals surface area contributed by atoms with E-state index in [-0.39, 0.29) is 11.9 Å². The maximum Gasteiger partial charge on any atom is 0.231 e. The third-order valence-electron chi connectivity index (χ3n) is 5.17. The zero-order valence-electron chi connectivity index (χ0n) is 15.1. The maximum atomic E-state index is 13.0. The Morgan fingerprint density at radius 2 is 1.92 bits per heavy atom. The van der Waals surface area contributed by atoms with Crippen molar-refractivity contribution in [1.82, 2.24) is 5.32 Å². The number of fused-ring (bicyclic) bond motifs is 1. The lowest BCUT2D eigenvalue weighted by Gasteiger charge is -2.21. The minimum absolute atomic E-state index is 0.00440. The van der Waals surface area contributed by atoms with Crippen molar-refractivity contribution in [2.75, 3.05) is 7.11 Å². The molecule has 1 aliphatic rings. The van der Waals surface area contributed by atoms with Crippen LogP contribution in [0.3, 0.4) is 0 Å². The molecule has 0 aliphatic heterocycles. The Morgan fingerprint density at radius 3 is 2.65 bits per heavy atom. The van der Waals surface area contributed by atoms with Gasteiger partial charge in [-0.3, -0.25) is 4.79 Å². The van der Waals surface area contributed by atoms with Crippen LogP contribution in [-0.4, -0.2) is 19.1 Å². The summed E-state index contributed by atoms with van der Waals surface area (Å²) in [4.78, 5) is 13.0. The predicted octanol–water partition coefficient (Wildman–Crippen LogP) is 4.22. The number of hydrogen-bond donors (Lipinski definition) is 1. The molecule has 3 aromatic rings. The zero-order valence-corrected chi connectivity index (χ0v) is 15.1. The molecule has 1 N–H and O–H groups in total. The average molecular weight is 349 g/mol. The maximum absolute atomic E-state index is 13.0. The van der Waals surface area contributed by atoms with Gasteiger partial charge >= 0.3 is 0 Å². The molecule has 4 rings (SSSR count). The molecule has 1 amide bonds. The zero-order chi connectivity index (χ0) is 18.1. The second kappa shape index (κ2) is 6.52. The van der Waals surface area contributed by atoms with Crippen LogP contribution in [0.25, 0.3) is 11.0 Å². The van der Waals surface area contributed by atoms with Crippen molar-refractivity contribution < 1.29 is 13.9 Å². The van der Waals surface area contributed by atoms with Crippen LogP contribution in [0, 0.1) is 0 Å². The summed E-state index contributed by atoms with van der Waals surface area (Å²) < 4.78 is 11.3. The largest absolute Gasteiger partial charge is 0.496 e. The third kappa shape index (κ3) is 2.96. The van der Waals surface area contributed by atoms with Gasteiger partial charge in [0.1, 0.15) is 17.1 Å². The van der Waals surface area contributed by atoms with E-state index in [4.69, 9.17) is 9.15 Å². The van der Waals surface area contributed by atoms with E-state index in [1.165, 1.54) is 0 Å². The molecular formula is C22H23NO3. The number of nitrogens with one attached hydrogen (secondary N) is 1. The van der Waals surface area contributed by atoms with Crippen LogP contribution in [0.15, 0.2) is 59.0 Å². The molecule has 0 saturated heterocycles. The Balaban J connectivity index is 1.47. The van der Waals surface area contributed by atoms with Crippen LogP contribution >= 0.6 is 0 Å². The van der Waals surface area contributed by atoms with Gasteiger partial charge in [0.15, 0.2) is 0 Å². The monoisotopic (exact) mass is 349 g/mol. The Morgan fingerprint density at radius 1 is 1.19 bits per heavy atom. The topological polar surface area (TPSA) is 51.5 Å². The third-order valence-corrected chi connectivity index (χ3v) is 5.17. The van der Waals surface area contributed by atoms with Crippen molar-refractivity contribution in [2.24, 2.45) is 0 Å². The lowest BCUT2D eigenvalue weighted by Crippen LogP contribution is -2.41. The van der Waals surface area contributed by atoms with E-state index in [0.29, 0.717) is 6.42 Å². The van der Waals surface area contributed by atoms with E-state index in [1.807, 2.05) is 61.5 Å². The SMILES string of the molecule is COc1ccccc1C1(C(=O)N[C@@H](C)Cc2cc3ccccc3o2)CC1. The molecule has 0 spiro atoms. The standard InChI is InChI=1S/C22H23NO3/c1-15(13-17-14-16-7-3-5-9-19(16)26-17)23-21(24)22(11-12-22)18-8-4-6-10-20(18)25-2/h3-10,14-15H,11-13H2,1-2H3,(H,23,24)/t15-/m0/s1. The van der Waals surface area contributed by atoms with Gasteiger partial charge in [0.2, 0.25) is 5.91 Å². The Kier molecular flexibility index (Phi) is 4.19. The van der Waals surface area contributed by atoms with Gasteiger partial charge in [-0.15, -0.1) is 0 Å². The number of rotatable bonds is 6. The quantitative estimate of drug-likeness (QED) is 0.725. The first kappa shape index (κ1) is 16.7. The molecular weight excluding hydrogens is 326 g/mol. The lowest BCUT2D eigenvalue weighted by molar-refractivity contribution is -0.124. The molecule has 0 radical (unpaired) electrons. The summed E-state index contributed by atoms with van der Waals surface area (Å²) in [6, 6.07) is 17.8. The summed E-state index contributed by atoms with van der Waals surface area (Å²) in [6.07, 6.45) is 2.38. The minimum Gasteiger partial charge on any atom is -0.496 e. The van der Waals surface area contributed by atoms with E-state index >= 15 is 0 Å². The number of carbonyl (C=O) groups excluding carboxylic acids is 1. The Labute approximate surface area is 153 Å². The van der Waals surface area contributed by atoms with E-state index in [2.05, 4.69) is 5.32 Å². The molecule has 134 valence electrons. The fourth-order valence-corrected chi connectivity index (χ4v) is 3.64. The van der Waals surface area contributed by atoms with Gasteiger partial charge in [-0.25, -0.2) is 0 Å². The highest BCUT2D eigenvalue weighted by atomic mass is 16.5. The van der Waals surface area contributed by atoms with Crippen molar-refractivity contribution in [3.63, 3.8) is 0 Å². The summed E-state index contributed by atoms with van der Waals surface area (Å²) >= 11 is 0.